The number of nitrogens with one attached hydrogen (secondary N) is 1. The zero-order chi connectivity index (χ0) is 15.3. The Balaban J connectivity index is 2.03. The minimum absolute atomic E-state index is 0.198. The summed E-state index contributed by atoms with van der Waals surface area (Å²) in [6, 6.07) is 8.59. The molecule has 0 aromatic heterocycles. The molecular formula is C18H28N2O. The summed E-state index contributed by atoms with van der Waals surface area (Å²) in [5, 5.41) is 3.39. The number of benzene rings is 1. The molecule has 1 aliphatic rings. The topological polar surface area (TPSA) is 32.3 Å². The summed E-state index contributed by atoms with van der Waals surface area (Å²) in [4.78, 5) is 14.8. The highest BCUT2D eigenvalue weighted by Gasteiger charge is 2.39. The van der Waals surface area contributed by atoms with Gasteiger partial charge in [-0.3, -0.25) is 4.79 Å². The maximum absolute atomic E-state index is 12.9. The second kappa shape index (κ2) is 7.08. The van der Waals surface area contributed by atoms with Gasteiger partial charge >= 0.3 is 0 Å². The number of aryl methyl sites for hydroxylation is 1. The maximum Gasteiger partial charge on any atom is 0.230 e. The summed E-state index contributed by atoms with van der Waals surface area (Å²) in [6.07, 6.45) is 4.07. The molecule has 1 aromatic carbocycles. The lowest BCUT2D eigenvalue weighted by Crippen LogP contribution is -2.50. The molecule has 1 N–H and O–H groups in total. The molecule has 1 aromatic rings. The molecule has 0 bridgehead atoms. The summed E-state index contributed by atoms with van der Waals surface area (Å²) in [6.45, 7) is 6.85. The SMILES string of the molecule is CCc1ccc(CN(C)C(=O)C2(CC)CCCNC2)cc1. The minimum atomic E-state index is -0.198. The number of piperidine rings is 1. The van der Waals surface area contributed by atoms with Crippen LogP contribution in [0.5, 0.6) is 0 Å². The van der Waals surface area contributed by atoms with Gasteiger partial charge in [-0.25, -0.2) is 0 Å². The fraction of sp³-hybridized carbons (Fsp3) is 0.611. The lowest BCUT2D eigenvalue weighted by Gasteiger charge is -2.38. The zero-order valence-corrected chi connectivity index (χ0v) is 13.6. The molecule has 1 unspecified atom stereocenters. The molecule has 0 aliphatic carbocycles. The smallest absolute Gasteiger partial charge is 0.230 e. The lowest BCUT2D eigenvalue weighted by molar-refractivity contribution is -0.142. The molecule has 3 heteroatoms. The number of amides is 1. The van der Waals surface area contributed by atoms with Gasteiger partial charge < -0.3 is 10.2 Å². The molecule has 0 radical (unpaired) electrons. The van der Waals surface area contributed by atoms with Crippen LogP contribution in [-0.4, -0.2) is 30.9 Å². The van der Waals surface area contributed by atoms with Gasteiger partial charge in [0.25, 0.3) is 0 Å². The third kappa shape index (κ3) is 3.65. The molecule has 0 spiro atoms. The van der Waals surface area contributed by atoms with Crippen molar-refractivity contribution < 1.29 is 4.79 Å². The van der Waals surface area contributed by atoms with Gasteiger partial charge in [0.2, 0.25) is 5.91 Å². The molecule has 1 aliphatic heterocycles. The average molecular weight is 288 g/mol. The fourth-order valence-electron chi connectivity index (χ4n) is 3.23. The number of rotatable bonds is 5. The summed E-state index contributed by atoms with van der Waals surface area (Å²) < 4.78 is 0. The minimum Gasteiger partial charge on any atom is -0.341 e. The van der Waals surface area contributed by atoms with Gasteiger partial charge in [0, 0.05) is 20.1 Å². The van der Waals surface area contributed by atoms with E-state index in [1.807, 2.05) is 11.9 Å². The quantitative estimate of drug-likeness (QED) is 0.903. The van der Waals surface area contributed by atoms with Gasteiger partial charge in [0.15, 0.2) is 0 Å². The average Bonchev–Trinajstić information content (AvgIpc) is 2.55. The molecule has 3 nitrogen and oxygen atoms in total. The Morgan fingerprint density at radius 3 is 2.43 bits per heavy atom. The molecule has 1 heterocycles. The van der Waals surface area contributed by atoms with E-state index in [0.717, 1.165) is 38.8 Å². The van der Waals surface area contributed by atoms with Crippen molar-refractivity contribution in [3.8, 4) is 0 Å². The highest BCUT2D eigenvalue weighted by Crippen LogP contribution is 2.32. The van der Waals surface area contributed by atoms with Crippen LogP contribution in [0.4, 0.5) is 0 Å². The van der Waals surface area contributed by atoms with Crippen molar-refractivity contribution in [1.82, 2.24) is 10.2 Å². The van der Waals surface area contributed by atoms with Gasteiger partial charge in [0.05, 0.1) is 5.41 Å². The van der Waals surface area contributed by atoms with E-state index >= 15 is 0 Å². The van der Waals surface area contributed by atoms with Gasteiger partial charge in [-0.05, 0) is 43.4 Å². The van der Waals surface area contributed by atoms with E-state index in [0.29, 0.717) is 6.54 Å². The Hall–Kier alpha value is -1.35. The van der Waals surface area contributed by atoms with E-state index in [4.69, 9.17) is 0 Å². The third-order valence-electron chi connectivity index (χ3n) is 4.80. The Kier molecular flexibility index (Phi) is 5.40. The van der Waals surface area contributed by atoms with E-state index in [2.05, 4.69) is 43.4 Å². The Bertz CT molecular complexity index is 461. The molecule has 116 valence electrons. The van der Waals surface area contributed by atoms with Gasteiger partial charge in [0.1, 0.15) is 0 Å². The third-order valence-corrected chi connectivity index (χ3v) is 4.80. The van der Waals surface area contributed by atoms with Crippen LogP contribution in [0.1, 0.15) is 44.2 Å². The van der Waals surface area contributed by atoms with E-state index in [9.17, 15) is 4.79 Å². The van der Waals surface area contributed by atoms with Crippen LogP contribution in [0.25, 0.3) is 0 Å². The van der Waals surface area contributed by atoms with Crippen molar-refractivity contribution in [2.45, 2.75) is 46.1 Å². The van der Waals surface area contributed by atoms with Crippen LogP contribution in [0, 0.1) is 5.41 Å². The second-order valence-corrected chi connectivity index (χ2v) is 6.25. The maximum atomic E-state index is 12.9. The van der Waals surface area contributed by atoms with Crippen LogP contribution in [0.15, 0.2) is 24.3 Å². The highest BCUT2D eigenvalue weighted by molar-refractivity contribution is 5.83. The first-order valence-electron chi connectivity index (χ1n) is 8.15. The van der Waals surface area contributed by atoms with E-state index in [1.165, 1.54) is 11.1 Å². The van der Waals surface area contributed by atoms with Crippen molar-refractivity contribution in [3.05, 3.63) is 35.4 Å². The first-order chi connectivity index (χ1) is 10.1. The number of carbonyl (C=O) groups excluding carboxylic acids is 1. The highest BCUT2D eigenvalue weighted by atomic mass is 16.2. The summed E-state index contributed by atoms with van der Waals surface area (Å²) in [5.74, 6) is 0.289. The van der Waals surface area contributed by atoms with Crippen LogP contribution in [0.3, 0.4) is 0 Å². The summed E-state index contributed by atoms with van der Waals surface area (Å²) >= 11 is 0. The summed E-state index contributed by atoms with van der Waals surface area (Å²) in [7, 11) is 1.93. The fourth-order valence-corrected chi connectivity index (χ4v) is 3.23. The Labute approximate surface area is 128 Å². The van der Waals surface area contributed by atoms with E-state index < -0.39 is 0 Å². The van der Waals surface area contributed by atoms with Crippen LogP contribution in [-0.2, 0) is 17.8 Å². The van der Waals surface area contributed by atoms with Crippen molar-refractivity contribution in [2.75, 3.05) is 20.1 Å². The number of hydrogen-bond acceptors (Lipinski definition) is 2. The van der Waals surface area contributed by atoms with Gasteiger partial charge in [-0.1, -0.05) is 38.1 Å². The van der Waals surface area contributed by atoms with Gasteiger partial charge in [-0.2, -0.15) is 0 Å². The van der Waals surface area contributed by atoms with Crippen molar-refractivity contribution in [1.29, 1.82) is 0 Å². The number of carbonyl (C=O) groups is 1. The Morgan fingerprint density at radius 2 is 1.90 bits per heavy atom. The predicted molar refractivity (Wildman–Crippen MR) is 87.1 cm³/mol. The zero-order valence-electron chi connectivity index (χ0n) is 13.6. The molecule has 1 atom stereocenters. The Morgan fingerprint density at radius 1 is 1.24 bits per heavy atom. The molecule has 1 fully saturated rings. The second-order valence-electron chi connectivity index (χ2n) is 6.25. The lowest BCUT2D eigenvalue weighted by atomic mass is 9.77. The molecule has 1 saturated heterocycles. The van der Waals surface area contributed by atoms with Crippen LogP contribution in [0.2, 0.25) is 0 Å². The monoisotopic (exact) mass is 288 g/mol. The molecule has 21 heavy (non-hydrogen) atoms. The van der Waals surface area contributed by atoms with Crippen LogP contribution < -0.4 is 5.32 Å². The van der Waals surface area contributed by atoms with E-state index in [-0.39, 0.29) is 11.3 Å². The van der Waals surface area contributed by atoms with Gasteiger partial charge in [-0.15, -0.1) is 0 Å². The van der Waals surface area contributed by atoms with Crippen LogP contribution >= 0.6 is 0 Å². The largest absolute Gasteiger partial charge is 0.341 e. The van der Waals surface area contributed by atoms with Crippen molar-refractivity contribution in [3.63, 3.8) is 0 Å². The summed E-state index contributed by atoms with van der Waals surface area (Å²) in [5.41, 5.74) is 2.35. The predicted octanol–water partition coefficient (Wildman–Crippen LogP) is 2.99. The number of nitrogens with zero attached hydrogens (tertiary/aromatic N) is 1. The molecule has 0 saturated carbocycles. The molecular weight excluding hydrogens is 260 g/mol. The van der Waals surface area contributed by atoms with Crippen molar-refractivity contribution >= 4 is 5.91 Å². The number of hydrogen-bond donors (Lipinski definition) is 1. The molecule has 1 amide bonds. The standard InChI is InChI=1S/C18H28N2O/c1-4-15-7-9-16(10-8-15)13-20(3)17(21)18(5-2)11-6-12-19-14-18/h7-10,19H,4-6,11-14H2,1-3H3. The van der Waals surface area contributed by atoms with Crippen molar-refractivity contribution in [2.24, 2.45) is 5.41 Å². The normalized spacial score (nSPS) is 22.0. The first-order valence-corrected chi connectivity index (χ1v) is 8.15. The van der Waals surface area contributed by atoms with E-state index in [1.54, 1.807) is 0 Å². The molecule has 2 rings (SSSR count). The first kappa shape index (κ1) is 16.0.